The number of aryl methyl sites for hydroxylation is 1. The SMILES string of the molecule is Cc1ccc(C(C)C)c(Oc2c(F)cccc2C(C)N)c1. The second kappa shape index (κ2) is 6.27. The molecule has 112 valence electrons. The van der Waals surface area contributed by atoms with Crippen LogP contribution in [-0.4, -0.2) is 0 Å². The Morgan fingerprint density at radius 3 is 2.38 bits per heavy atom. The molecule has 0 amide bonds. The zero-order valence-electron chi connectivity index (χ0n) is 13.0. The predicted octanol–water partition coefficient (Wildman–Crippen LogP) is 5.07. The van der Waals surface area contributed by atoms with E-state index >= 15 is 0 Å². The van der Waals surface area contributed by atoms with E-state index in [9.17, 15) is 4.39 Å². The molecule has 0 aliphatic rings. The lowest BCUT2D eigenvalue weighted by molar-refractivity contribution is 0.426. The van der Waals surface area contributed by atoms with Gasteiger partial charge in [0, 0.05) is 11.6 Å². The number of hydrogen-bond donors (Lipinski definition) is 1. The minimum Gasteiger partial charge on any atom is -0.454 e. The van der Waals surface area contributed by atoms with Gasteiger partial charge in [0.05, 0.1) is 0 Å². The third-order valence-electron chi connectivity index (χ3n) is 3.49. The van der Waals surface area contributed by atoms with Crippen molar-refractivity contribution >= 4 is 0 Å². The smallest absolute Gasteiger partial charge is 0.167 e. The molecule has 2 aromatic carbocycles. The lowest BCUT2D eigenvalue weighted by atomic mass is 10.0. The van der Waals surface area contributed by atoms with Gasteiger partial charge in [-0.1, -0.05) is 38.1 Å². The van der Waals surface area contributed by atoms with Gasteiger partial charge in [-0.25, -0.2) is 4.39 Å². The molecule has 0 saturated carbocycles. The standard InChI is InChI=1S/C18H22FNO/c1-11(2)14-9-8-12(3)10-17(14)21-18-15(13(4)20)6-5-7-16(18)19/h5-11,13H,20H2,1-4H3. The average Bonchev–Trinajstić information content (AvgIpc) is 2.40. The van der Waals surface area contributed by atoms with Crippen molar-refractivity contribution in [2.24, 2.45) is 5.73 Å². The molecule has 3 heteroatoms. The van der Waals surface area contributed by atoms with E-state index in [1.165, 1.54) is 6.07 Å². The zero-order chi connectivity index (χ0) is 15.6. The fourth-order valence-electron chi connectivity index (χ4n) is 2.31. The summed E-state index contributed by atoms with van der Waals surface area (Å²) in [5.41, 5.74) is 8.72. The molecule has 0 aliphatic carbocycles. The number of hydrogen-bond acceptors (Lipinski definition) is 2. The first-order chi connectivity index (χ1) is 9.90. The highest BCUT2D eigenvalue weighted by Crippen LogP contribution is 2.36. The van der Waals surface area contributed by atoms with Gasteiger partial charge in [0.2, 0.25) is 0 Å². The average molecular weight is 287 g/mol. The molecule has 21 heavy (non-hydrogen) atoms. The van der Waals surface area contributed by atoms with Gasteiger partial charge in [0.25, 0.3) is 0 Å². The van der Waals surface area contributed by atoms with Crippen LogP contribution in [0.2, 0.25) is 0 Å². The Kier molecular flexibility index (Phi) is 4.63. The second-order valence-corrected chi connectivity index (χ2v) is 5.74. The Bertz CT molecular complexity index is 635. The van der Waals surface area contributed by atoms with Gasteiger partial charge >= 0.3 is 0 Å². The van der Waals surface area contributed by atoms with Gasteiger partial charge < -0.3 is 10.5 Å². The van der Waals surface area contributed by atoms with Crippen molar-refractivity contribution < 1.29 is 9.13 Å². The fourth-order valence-corrected chi connectivity index (χ4v) is 2.31. The van der Waals surface area contributed by atoms with E-state index in [0.717, 1.165) is 11.1 Å². The van der Waals surface area contributed by atoms with Crippen molar-refractivity contribution in [2.45, 2.75) is 39.7 Å². The molecular formula is C18H22FNO. The summed E-state index contributed by atoms with van der Waals surface area (Å²) in [5, 5.41) is 0. The largest absolute Gasteiger partial charge is 0.454 e. The van der Waals surface area contributed by atoms with Gasteiger partial charge in [0.15, 0.2) is 11.6 Å². The molecule has 1 atom stereocenters. The molecule has 0 bridgehead atoms. The van der Waals surface area contributed by atoms with Crippen LogP contribution in [0.3, 0.4) is 0 Å². The van der Waals surface area contributed by atoms with Crippen LogP contribution in [0.15, 0.2) is 36.4 Å². The number of para-hydroxylation sites is 1. The highest BCUT2D eigenvalue weighted by molar-refractivity contribution is 5.45. The van der Waals surface area contributed by atoms with E-state index in [1.54, 1.807) is 12.1 Å². The van der Waals surface area contributed by atoms with Crippen molar-refractivity contribution in [1.82, 2.24) is 0 Å². The monoisotopic (exact) mass is 287 g/mol. The van der Waals surface area contributed by atoms with Gasteiger partial charge in [-0.05, 0) is 43.0 Å². The summed E-state index contributed by atoms with van der Waals surface area (Å²) >= 11 is 0. The van der Waals surface area contributed by atoms with Crippen LogP contribution in [0.25, 0.3) is 0 Å². The summed E-state index contributed by atoms with van der Waals surface area (Å²) in [6, 6.07) is 10.6. The molecule has 2 aromatic rings. The second-order valence-electron chi connectivity index (χ2n) is 5.74. The molecular weight excluding hydrogens is 265 g/mol. The number of nitrogens with two attached hydrogens (primary N) is 1. The summed E-state index contributed by atoms with van der Waals surface area (Å²) in [4.78, 5) is 0. The number of benzene rings is 2. The molecule has 2 nitrogen and oxygen atoms in total. The summed E-state index contributed by atoms with van der Waals surface area (Å²) in [7, 11) is 0. The van der Waals surface area contributed by atoms with Crippen LogP contribution >= 0.6 is 0 Å². The van der Waals surface area contributed by atoms with Gasteiger partial charge in [0.1, 0.15) is 5.75 Å². The maximum Gasteiger partial charge on any atom is 0.167 e. The van der Waals surface area contributed by atoms with E-state index in [2.05, 4.69) is 13.8 Å². The first-order valence-corrected chi connectivity index (χ1v) is 7.22. The van der Waals surface area contributed by atoms with Crippen LogP contribution < -0.4 is 10.5 Å². The summed E-state index contributed by atoms with van der Waals surface area (Å²) in [5.74, 6) is 0.823. The lowest BCUT2D eigenvalue weighted by Gasteiger charge is -2.18. The molecule has 0 spiro atoms. The van der Waals surface area contributed by atoms with Crippen LogP contribution in [0.4, 0.5) is 4.39 Å². The lowest BCUT2D eigenvalue weighted by Crippen LogP contribution is -2.08. The highest BCUT2D eigenvalue weighted by Gasteiger charge is 2.16. The molecule has 0 radical (unpaired) electrons. The maximum absolute atomic E-state index is 14.1. The normalized spacial score (nSPS) is 12.5. The molecule has 0 saturated heterocycles. The quantitative estimate of drug-likeness (QED) is 0.852. The number of ether oxygens (including phenoxy) is 1. The summed E-state index contributed by atoms with van der Waals surface area (Å²) < 4.78 is 20.1. The summed E-state index contributed by atoms with van der Waals surface area (Å²) in [6.45, 7) is 7.99. The topological polar surface area (TPSA) is 35.2 Å². The van der Waals surface area contributed by atoms with Crippen LogP contribution in [0.1, 0.15) is 49.4 Å². The first-order valence-electron chi connectivity index (χ1n) is 7.22. The third-order valence-corrected chi connectivity index (χ3v) is 3.49. The molecule has 0 aromatic heterocycles. The Labute approximate surface area is 125 Å². The van der Waals surface area contributed by atoms with Crippen molar-refractivity contribution in [3.63, 3.8) is 0 Å². The predicted molar refractivity (Wildman–Crippen MR) is 84.3 cm³/mol. The Balaban J connectivity index is 2.50. The number of rotatable bonds is 4. The van der Waals surface area contributed by atoms with E-state index in [0.29, 0.717) is 17.2 Å². The minimum atomic E-state index is -0.388. The van der Waals surface area contributed by atoms with Gasteiger partial charge in [-0.3, -0.25) is 0 Å². The molecule has 0 fully saturated rings. The Morgan fingerprint density at radius 2 is 1.76 bits per heavy atom. The molecule has 0 aliphatic heterocycles. The molecule has 0 heterocycles. The number of halogens is 1. The van der Waals surface area contributed by atoms with Crippen LogP contribution in [0.5, 0.6) is 11.5 Å². The van der Waals surface area contributed by atoms with E-state index in [-0.39, 0.29) is 17.6 Å². The zero-order valence-corrected chi connectivity index (χ0v) is 13.0. The minimum absolute atomic E-state index is 0.222. The van der Waals surface area contributed by atoms with E-state index in [4.69, 9.17) is 10.5 Å². The Hall–Kier alpha value is -1.87. The first kappa shape index (κ1) is 15.5. The third kappa shape index (κ3) is 3.42. The Morgan fingerprint density at radius 1 is 1.05 bits per heavy atom. The molecule has 1 unspecified atom stereocenters. The van der Waals surface area contributed by atoms with Crippen molar-refractivity contribution in [3.05, 3.63) is 58.9 Å². The van der Waals surface area contributed by atoms with Crippen molar-refractivity contribution in [3.8, 4) is 11.5 Å². The van der Waals surface area contributed by atoms with Crippen LogP contribution in [0, 0.1) is 12.7 Å². The van der Waals surface area contributed by atoms with E-state index < -0.39 is 0 Å². The summed E-state index contributed by atoms with van der Waals surface area (Å²) in [6.07, 6.45) is 0. The van der Waals surface area contributed by atoms with Crippen molar-refractivity contribution in [1.29, 1.82) is 0 Å². The maximum atomic E-state index is 14.1. The molecule has 2 rings (SSSR count). The van der Waals surface area contributed by atoms with E-state index in [1.807, 2.05) is 32.0 Å². The van der Waals surface area contributed by atoms with Crippen molar-refractivity contribution in [2.75, 3.05) is 0 Å². The van der Waals surface area contributed by atoms with Gasteiger partial charge in [-0.2, -0.15) is 0 Å². The highest BCUT2D eigenvalue weighted by atomic mass is 19.1. The fraction of sp³-hybridized carbons (Fsp3) is 0.333. The van der Waals surface area contributed by atoms with Crippen LogP contribution in [-0.2, 0) is 0 Å². The molecule has 2 N–H and O–H groups in total. The van der Waals surface area contributed by atoms with Gasteiger partial charge in [-0.15, -0.1) is 0 Å².